The number of hydrogen-bond acceptors (Lipinski definition) is 3. The molecule has 0 saturated heterocycles. The first-order valence-corrected chi connectivity index (χ1v) is 6.85. The van der Waals surface area contributed by atoms with Gasteiger partial charge in [0.25, 0.3) is 0 Å². The molecular formula is C15H17ClN2O2. The van der Waals surface area contributed by atoms with Crippen molar-refractivity contribution >= 4 is 28.9 Å². The van der Waals surface area contributed by atoms with Crippen molar-refractivity contribution in [3.63, 3.8) is 0 Å². The highest BCUT2D eigenvalue weighted by Crippen LogP contribution is 2.24. The lowest BCUT2D eigenvalue weighted by Crippen LogP contribution is -2.11. The topological polar surface area (TPSA) is 54.3 Å². The van der Waals surface area contributed by atoms with E-state index in [1.807, 2.05) is 38.1 Å². The molecule has 1 aromatic carbocycles. The molecule has 0 aliphatic carbocycles. The van der Waals surface area contributed by atoms with Gasteiger partial charge in [-0.1, -0.05) is 13.0 Å². The third-order valence-electron chi connectivity index (χ3n) is 3.01. The summed E-state index contributed by atoms with van der Waals surface area (Å²) in [7, 11) is 0. The van der Waals surface area contributed by atoms with Gasteiger partial charge in [-0.3, -0.25) is 4.79 Å². The van der Waals surface area contributed by atoms with Gasteiger partial charge >= 0.3 is 0 Å². The summed E-state index contributed by atoms with van der Waals surface area (Å²) in [5, 5.41) is 6.53. The first kappa shape index (κ1) is 14.5. The van der Waals surface area contributed by atoms with E-state index in [4.69, 9.17) is 16.0 Å². The molecule has 106 valence electrons. The quantitative estimate of drug-likeness (QED) is 0.868. The molecule has 0 unspecified atom stereocenters. The SMILES string of the molecule is CCC(=O)Nc1cccc(NCc2ccc(Cl)o2)c1C. The molecule has 1 heterocycles. The first-order chi connectivity index (χ1) is 9.60. The van der Waals surface area contributed by atoms with Crippen LogP contribution in [0.4, 0.5) is 11.4 Å². The van der Waals surface area contributed by atoms with E-state index in [1.165, 1.54) is 0 Å². The normalized spacial score (nSPS) is 10.3. The smallest absolute Gasteiger partial charge is 0.224 e. The molecule has 0 saturated carbocycles. The van der Waals surface area contributed by atoms with Gasteiger partial charge in [-0.15, -0.1) is 0 Å². The zero-order valence-electron chi connectivity index (χ0n) is 11.5. The third-order valence-corrected chi connectivity index (χ3v) is 3.21. The number of benzene rings is 1. The zero-order valence-corrected chi connectivity index (χ0v) is 12.3. The standard InChI is InChI=1S/C15H17ClN2O2/c1-3-15(19)18-13-6-4-5-12(10(13)2)17-9-11-7-8-14(16)20-11/h4-8,17H,3,9H2,1-2H3,(H,18,19). The number of carbonyl (C=O) groups excluding carboxylic acids is 1. The minimum absolute atomic E-state index is 0.00284. The van der Waals surface area contributed by atoms with Crippen LogP contribution in [0.1, 0.15) is 24.7 Å². The van der Waals surface area contributed by atoms with Crippen molar-refractivity contribution < 1.29 is 9.21 Å². The maximum atomic E-state index is 11.5. The van der Waals surface area contributed by atoms with Crippen molar-refractivity contribution in [3.05, 3.63) is 46.9 Å². The van der Waals surface area contributed by atoms with Crippen LogP contribution in [0.5, 0.6) is 0 Å². The van der Waals surface area contributed by atoms with Gasteiger partial charge in [-0.25, -0.2) is 0 Å². The minimum atomic E-state index is 0.00284. The van der Waals surface area contributed by atoms with Crippen LogP contribution in [0, 0.1) is 6.92 Å². The van der Waals surface area contributed by atoms with Crippen LogP contribution in [-0.4, -0.2) is 5.91 Å². The van der Waals surface area contributed by atoms with E-state index < -0.39 is 0 Å². The van der Waals surface area contributed by atoms with Gasteiger partial charge in [0.2, 0.25) is 5.91 Å². The molecule has 0 bridgehead atoms. The summed E-state index contributed by atoms with van der Waals surface area (Å²) < 4.78 is 5.29. The summed E-state index contributed by atoms with van der Waals surface area (Å²) in [4.78, 5) is 11.5. The molecule has 0 aliphatic heterocycles. The van der Waals surface area contributed by atoms with E-state index in [-0.39, 0.29) is 5.91 Å². The molecule has 1 aromatic heterocycles. The number of amides is 1. The van der Waals surface area contributed by atoms with Crippen molar-refractivity contribution in [1.82, 2.24) is 0 Å². The molecule has 2 aromatic rings. The molecule has 4 nitrogen and oxygen atoms in total. The fourth-order valence-corrected chi connectivity index (χ4v) is 1.99. The molecule has 1 amide bonds. The van der Waals surface area contributed by atoms with Gasteiger partial charge in [-0.2, -0.15) is 0 Å². The zero-order chi connectivity index (χ0) is 14.5. The molecule has 2 rings (SSSR count). The molecule has 2 N–H and O–H groups in total. The Hall–Kier alpha value is -1.94. The second-order valence-corrected chi connectivity index (χ2v) is 4.81. The molecule has 0 radical (unpaired) electrons. The van der Waals surface area contributed by atoms with E-state index in [9.17, 15) is 4.79 Å². The number of hydrogen-bond donors (Lipinski definition) is 2. The van der Waals surface area contributed by atoms with Gasteiger partial charge in [-0.05, 0) is 48.4 Å². The van der Waals surface area contributed by atoms with E-state index >= 15 is 0 Å². The van der Waals surface area contributed by atoms with Crippen LogP contribution in [0.2, 0.25) is 5.22 Å². The molecule has 0 atom stereocenters. The third kappa shape index (κ3) is 3.54. The molecule has 0 spiro atoms. The summed E-state index contributed by atoms with van der Waals surface area (Å²) in [6.45, 7) is 4.33. The van der Waals surface area contributed by atoms with E-state index in [1.54, 1.807) is 6.07 Å². The van der Waals surface area contributed by atoms with Crippen molar-refractivity contribution in [2.24, 2.45) is 0 Å². The second-order valence-electron chi connectivity index (χ2n) is 4.44. The monoisotopic (exact) mass is 292 g/mol. The summed E-state index contributed by atoms with van der Waals surface area (Å²) in [5.74, 6) is 0.764. The Bertz CT molecular complexity index is 608. The lowest BCUT2D eigenvalue weighted by Gasteiger charge is -2.13. The Morgan fingerprint density at radius 3 is 2.65 bits per heavy atom. The van der Waals surface area contributed by atoms with Crippen LogP contribution in [-0.2, 0) is 11.3 Å². The number of halogens is 1. The lowest BCUT2D eigenvalue weighted by atomic mass is 10.1. The Balaban J connectivity index is 2.08. The summed E-state index contributed by atoms with van der Waals surface area (Å²) >= 11 is 5.73. The maximum Gasteiger partial charge on any atom is 0.224 e. The average molecular weight is 293 g/mol. The molecule has 0 fully saturated rings. The Morgan fingerprint density at radius 1 is 1.25 bits per heavy atom. The maximum absolute atomic E-state index is 11.5. The van der Waals surface area contributed by atoms with Crippen LogP contribution >= 0.6 is 11.6 Å². The number of nitrogens with one attached hydrogen (secondary N) is 2. The van der Waals surface area contributed by atoms with Gasteiger partial charge in [0.05, 0.1) is 6.54 Å². The highest BCUT2D eigenvalue weighted by atomic mass is 35.5. The highest BCUT2D eigenvalue weighted by Gasteiger charge is 2.07. The first-order valence-electron chi connectivity index (χ1n) is 6.47. The summed E-state index contributed by atoms with van der Waals surface area (Å²) in [5.41, 5.74) is 2.76. The van der Waals surface area contributed by atoms with Gasteiger partial charge in [0, 0.05) is 17.8 Å². The highest BCUT2D eigenvalue weighted by molar-refractivity contribution is 6.28. The minimum Gasteiger partial charge on any atom is -0.448 e. The van der Waals surface area contributed by atoms with Crippen molar-refractivity contribution in [1.29, 1.82) is 0 Å². The van der Waals surface area contributed by atoms with Crippen LogP contribution in [0.3, 0.4) is 0 Å². The van der Waals surface area contributed by atoms with Crippen molar-refractivity contribution in [2.45, 2.75) is 26.8 Å². The second kappa shape index (κ2) is 6.48. The molecule has 0 aliphatic rings. The van der Waals surface area contributed by atoms with E-state index in [0.717, 1.165) is 22.7 Å². The van der Waals surface area contributed by atoms with E-state index in [2.05, 4.69) is 10.6 Å². The van der Waals surface area contributed by atoms with Crippen molar-refractivity contribution in [2.75, 3.05) is 10.6 Å². The largest absolute Gasteiger partial charge is 0.448 e. The predicted molar refractivity (Wildman–Crippen MR) is 81.1 cm³/mol. The predicted octanol–water partition coefficient (Wildman–Crippen LogP) is 4.20. The number of anilines is 2. The lowest BCUT2D eigenvalue weighted by molar-refractivity contribution is -0.115. The summed E-state index contributed by atoms with van der Waals surface area (Å²) in [6.07, 6.45) is 0.460. The van der Waals surface area contributed by atoms with E-state index in [0.29, 0.717) is 18.2 Å². The Kier molecular flexibility index (Phi) is 4.69. The molecular weight excluding hydrogens is 276 g/mol. The van der Waals surface area contributed by atoms with Gasteiger partial charge < -0.3 is 15.1 Å². The van der Waals surface area contributed by atoms with Crippen LogP contribution in [0.25, 0.3) is 0 Å². The number of rotatable bonds is 5. The molecule has 5 heteroatoms. The number of furan rings is 1. The van der Waals surface area contributed by atoms with Crippen molar-refractivity contribution in [3.8, 4) is 0 Å². The fraction of sp³-hybridized carbons (Fsp3) is 0.267. The molecule has 20 heavy (non-hydrogen) atoms. The summed E-state index contributed by atoms with van der Waals surface area (Å²) in [6, 6.07) is 9.28. The number of carbonyl (C=O) groups is 1. The van der Waals surface area contributed by atoms with Gasteiger partial charge in [0.15, 0.2) is 5.22 Å². The Labute approximate surface area is 123 Å². The Morgan fingerprint density at radius 2 is 2.00 bits per heavy atom. The van der Waals surface area contributed by atoms with Crippen LogP contribution in [0.15, 0.2) is 34.7 Å². The van der Waals surface area contributed by atoms with Gasteiger partial charge in [0.1, 0.15) is 5.76 Å². The van der Waals surface area contributed by atoms with Crippen LogP contribution < -0.4 is 10.6 Å². The average Bonchev–Trinajstić information content (AvgIpc) is 2.85. The fourth-order valence-electron chi connectivity index (χ4n) is 1.83.